The molecule has 0 aromatic heterocycles. The first-order valence-corrected chi connectivity index (χ1v) is 9.83. The Kier molecular flexibility index (Phi) is 4.67. The van der Waals surface area contributed by atoms with Crippen LogP contribution in [0.25, 0.3) is 0 Å². The summed E-state index contributed by atoms with van der Waals surface area (Å²) < 4.78 is 40.8. The molecule has 3 rings (SSSR count). The molecule has 23 heavy (non-hydrogen) atoms. The quantitative estimate of drug-likeness (QED) is 0.715. The van der Waals surface area contributed by atoms with Crippen LogP contribution in [0.5, 0.6) is 0 Å². The molecule has 0 amide bonds. The molecule has 132 valence electrons. The van der Waals surface area contributed by atoms with Gasteiger partial charge in [0.05, 0.1) is 25.4 Å². The van der Waals surface area contributed by atoms with Gasteiger partial charge in [0, 0.05) is 18.3 Å². The van der Waals surface area contributed by atoms with Gasteiger partial charge < -0.3 is 14.0 Å². The van der Waals surface area contributed by atoms with Crippen LogP contribution in [-0.2, 0) is 27.6 Å². The van der Waals surface area contributed by atoms with Gasteiger partial charge in [-0.05, 0) is 39.7 Å². The highest BCUT2D eigenvalue weighted by Gasteiger charge is 2.50. The van der Waals surface area contributed by atoms with Crippen molar-refractivity contribution < 1.29 is 27.6 Å². The van der Waals surface area contributed by atoms with E-state index in [0.29, 0.717) is 25.4 Å². The smallest absolute Gasteiger partial charge is 0.409 e. The van der Waals surface area contributed by atoms with Crippen LogP contribution in [0, 0.1) is 5.41 Å². The largest absolute Gasteiger partial charge is 0.530 e. The van der Waals surface area contributed by atoms with Gasteiger partial charge in [0.2, 0.25) is 0 Å². The maximum atomic E-state index is 12.6. The summed E-state index contributed by atoms with van der Waals surface area (Å²) in [5, 5.41) is 0. The molecule has 2 fully saturated rings. The van der Waals surface area contributed by atoms with Crippen LogP contribution in [0.2, 0.25) is 0 Å². The van der Waals surface area contributed by atoms with Crippen molar-refractivity contribution in [1.82, 2.24) is 0 Å². The van der Waals surface area contributed by atoms with Crippen molar-refractivity contribution in [3.8, 4) is 0 Å². The van der Waals surface area contributed by atoms with Gasteiger partial charge in [-0.15, -0.1) is 0 Å². The van der Waals surface area contributed by atoms with Gasteiger partial charge >= 0.3 is 7.82 Å². The molecule has 3 aliphatic rings. The van der Waals surface area contributed by atoms with Crippen LogP contribution in [0.1, 0.15) is 53.4 Å². The molecule has 0 N–H and O–H groups in total. The molecule has 0 spiro atoms. The lowest BCUT2D eigenvalue weighted by molar-refractivity contribution is -0.223. The normalized spacial score (nSPS) is 43.9. The molecule has 0 aromatic carbocycles. The lowest BCUT2D eigenvalue weighted by Gasteiger charge is -2.44. The molecule has 2 saturated heterocycles. The molecule has 1 unspecified atom stereocenters. The van der Waals surface area contributed by atoms with Gasteiger partial charge in [-0.2, -0.15) is 0 Å². The molecule has 2 heterocycles. The second-order valence-electron chi connectivity index (χ2n) is 7.18. The monoisotopic (exact) mass is 346 g/mol. The highest BCUT2D eigenvalue weighted by molar-refractivity contribution is 7.48. The summed E-state index contributed by atoms with van der Waals surface area (Å²) in [5.74, 6) is 0.105. The number of ether oxygens (including phenoxy) is 2. The minimum atomic E-state index is -3.51. The Hall–Kier alpha value is -0.390. The zero-order chi connectivity index (χ0) is 16.7. The highest BCUT2D eigenvalue weighted by atomic mass is 31.2. The Morgan fingerprint density at radius 1 is 1.17 bits per heavy atom. The lowest BCUT2D eigenvalue weighted by atomic mass is 9.72. The Morgan fingerprint density at radius 2 is 1.78 bits per heavy atom. The highest BCUT2D eigenvalue weighted by Crippen LogP contribution is 2.58. The van der Waals surface area contributed by atoms with Gasteiger partial charge in [-0.25, -0.2) is 4.57 Å². The zero-order valence-corrected chi connectivity index (χ0v) is 15.3. The second kappa shape index (κ2) is 6.16. The fraction of sp³-hybridized carbons (Fsp3) is 0.875. The minimum Gasteiger partial charge on any atom is -0.409 e. The fourth-order valence-corrected chi connectivity index (χ4v) is 5.15. The van der Waals surface area contributed by atoms with E-state index in [1.165, 1.54) is 0 Å². The average Bonchev–Trinajstić information content (AvgIpc) is 2.88. The lowest BCUT2D eigenvalue weighted by Crippen LogP contribution is -2.45. The van der Waals surface area contributed by atoms with Crippen LogP contribution in [0.4, 0.5) is 0 Å². The van der Waals surface area contributed by atoms with Crippen molar-refractivity contribution in [2.45, 2.75) is 71.4 Å². The third-order valence-electron chi connectivity index (χ3n) is 5.15. The minimum absolute atomic E-state index is 0.125. The first-order valence-electron chi connectivity index (χ1n) is 8.37. The number of rotatable bonds is 3. The molecule has 0 saturated carbocycles. The molecule has 2 aliphatic heterocycles. The molecule has 6 nitrogen and oxygen atoms in total. The summed E-state index contributed by atoms with van der Waals surface area (Å²) in [5.41, 5.74) is -0.125. The fourth-order valence-electron chi connectivity index (χ4n) is 3.51. The third kappa shape index (κ3) is 3.52. The number of hydrogen-bond donors (Lipinski definition) is 0. The standard InChI is InChI=1S/C16H27O6P/c1-12-11-13(2)21-23(17,20-12)22-14-5-7-15(3,8-6-14)16(4)18-9-10-19-16/h5,12-13H,6-11H2,1-4H3/t12-,13-,15?/m1/s1. The maximum Gasteiger partial charge on any atom is 0.530 e. The summed E-state index contributed by atoms with van der Waals surface area (Å²) in [6, 6.07) is 0. The number of allylic oxidation sites excluding steroid dienone is 2. The van der Waals surface area contributed by atoms with E-state index in [1.54, 1.807) is 0 Å². The van der Waals surface area contributed by atoms with E-state index in [-0.39, 0.29) is 17.6 Å². The Morgan fingerprint density at radius 3 is 2.30 bits per heavy atom. The molecule has 0 radical (unpaired) electrons. The summed E-state index contributed by atoms with van der Waals surface area (Å²) >= 11 is 0. The summed E-state index contributed by atoms with van der Waals surface area (Å²) in [4.78, 5) is 0. The number of hydrogen-bond acceptors (Lipinski definition) is 6. The van der Waals surface area contributed by atoms with Crippen molar-refractivity contribution in [2.75, 3.05) is 13.2 Å². The maximum absolute atomic E-state index is 12.6. The van der Waals surface area contributed by atoms with Crippen LogP contribution >= 0.6 is 7.82 Å². The average molecular weight is 346 g/mol. The van der Waals surface area contributed by atoms with Gasteiger partial charge in [0.15, 0.2) is 5.79 Å². The third-order valence-corrected chi connectivity index (χ3v) is 6.84. The molecular formula is C16H27O6P. The number of phosphoric ester groups is 1. The van der Waals surface area contributed by atoms with E-state index < -0.39 is 13.6 Å². The van der Waals surface area contributed by atoms with Crippen LogP contribution in [0.15, 0.2) is 11.8 Å². The van der Waals surface area contributed by atoms with Crippen molar-refractivity contribution >= 4 is 7.82 Å². The van der Waals surface area contributed by atoms with E-state index in [9.17, 15) is 4.57 Å². The molecule has 0 bridgehead atoms. The van der Waals surface area contributed by atoms with Gasteiger partial charge in [-0.3, -0.25) is 9.05 Å². The first-order chi connectivity index (χ1) is 10.7. The Balaban J connectivity index is 1.66. The summed E-state index contributed by atoms with van der Waals surface area (Å²) in [7, 11) is -3.51. The van der Waals surface area contributed by atoms with E-state index in [2.05, 4.69) is 6.92 Å². The van der Waals surface area contributed by atoms with Crippen LogP contribution < -0.4 is 0 Å². The molecule has 3 atom stereocenters. The van der Waals surface area contributed by atoms with E-state index >= 15 is 0 Å². The summed E-state index contributed by atoms with van der Waals surface area (Å²) in [6.45, 7) is 9.19. The van der Waals surface area contributed by atoms with E-state index in [0.717, 1.165) is 19.3 Å². The van der Waals surface area contributed by atoms with E-state index in [1.807, 2.05) is 26.8 Å². The topological polar surface area (TPSA) is 63.2 Å². The Labute approximate surface area is 138 Å². The predicted octanol–water partition coefficient (Wildman–Crippen LogP) is 4.16. The second-order valence-corrected chi connectivity index (χ2v) is 8.68. The molecule has 7 heteroatoms. The SMILES string of the molecule is C[C@@H]1C[C@@H](C)OP(=O)(OC2=CCC(C)(C3(C)OCCO3)CC2)O1. The van der Waals surface area contributed by atoms with Gasteiger partial charge in [-0.1, -0.05) is 6.92 Å². The van der Waals surface area contributed by atoms with Crippen molar-refractivity contribution in [1.29, 1.82) is 0 Å². The zero-order valence-electron chi connectivity index (χ0n) is 14.4. The van der Waals surface area contributed by atoms with Gasteiger partial charge in [0.25, 0.3) is 0 Å². The van der Waals surface area contributed by atoms with Crippen molar-refractivity contribution in [3.05, 3.63) is 11.8 Å². The summed E-state index contributed by atoms with van der Waals surface area (Å²) in [6.07, 6.45) is 4.67. The van der Waals surface area contributed by atoms with Gasteiger partial charge in [0.1, 0.15) is 5.76 Å². The van der Waals surface area contributed by atoms with Crippen LogP contribution in [-0.4, -0.2) is 31.2 Å². The Bertz CT molecular complexity index is 513. The predicted molar refractivity (Wildman–Crippen MR) is 84.8 cm³/mol. The van der Waals surface area contributed by atoms with Crippen molar-refractivity contribution in [2.24, 2.45) is 5.41 Å². The first kappa shape index (κ1) is 17.4. The van der Waals surface area contributed by atoms with Crippen molar-refractivity contribution in [3.63, 3.8) is 0 Å². The molecular weight excluding hydrogens is 319 g/mol. The molecule has 0 aromatic rings. The molecule has 1 aliphatic carbocycles. The van der Waals surface area contributed by atoms with Crippen LogP contribution in [0.3, 0.4) is 0 Å². The van der Waals surface area contributed by atoms with E-state index in [4.69, 9.17) is 23.0 Å². The number of phosphoric acid groups is 1.